The molecule has 26 heavy (non-hydrogen) atoms. The van der Waals surface area contributed by atoms with Crippen molar-refractivity contribution in [3.05, 3.63) is 35.9 Å². The fourth-order valence-corrected chi connectivity index (χ4v) is 5.57. The summed E-state index contributed by atoms with van der Waals surface area (Å²) in [6, 6.07) is 11.5. The van der Waals surface area contributed by atoms with Crippen molar-refractivity contribution in [2.75, 3.05) is 35.8 Å². The van der Waals surface area contributed by atoms with Crippen molar-refractivity contribution in [3.8, 4) is 0 Å². The Balaban J connectivity index is 1.79. The minimum Gasteiger partial charge on any atom is -0.378 e. The highest BCUT2D eigenvalue weighted by molar-refractivity contribution is 7.99. The Morgan fingerprint density at radius 3 is 2.58 bits per heavy atom. The molecule has 1 atom stereocenters. The van der Waals surface area contributed by atoms with Crippen LogP contribution in [0, 0.1) is 0 Å². The first-order valence-electron chi connectivity index (χ1n) is 9.52. The second-order valence-corrected chi connectivity index (χ2v) is 9.45. The SMILES string of the molecule is CCN1c2cc3c(cc2C(C)CC1(C)C)Nc1ccc(N(C)C)cc1S3. The van der Waals surface area contributed by atoms with Crippen molar-refractivity contribution >= 4 is 34.5 Å². The standard InChI is InChI=1S/C22H29N3S/c1-7-25-19-12-21-18(11-16(19)14(2)13-22(25,3)4)23-17-9-8-15(24(5)6)10-20(17)26-21/h8-12,14,23H,7,13H2,1-6H3. The van der Waals surface area contributed by atoms with E-state index in [4.69, 9.17) is 0 Å². The van der Waals surface area contributed by atoms with Gasteiger partial charge in [-0.1, -0.05) is 18.7 Å². The third-order valence-corrected chi connectivity index (χ3v) is 6.89. The summed E-state index contributed by atoms with van der Waals surface area (Å²) in [4.78, 5) is 7.37. The first kappa shape index (κ1) is 17.6. The molecular weight excluding hydrogens is 338 g/mol. The second kappa shape index (κ2) is 6.12. The largest absolute Gasteiger partial charge is 0.378 e. The Hall–Kier alpha value is -1.81. The van der Waals surface area contributed by atoms with Gasteiger partial charge in [0.2, 0.25) is 0 Å². The molecular formula is C22H29N3S. The van der Waals surface area contributed by atoms with Crippen LogP contribution < -0.4 is 15.1 Å². The van der Waals surface area contributed by atoms with Crippen molar-refractivity contribution in [3.63, 3.8) is 0 Å². The molecule has 1 N–H and O–H groups in total. The van der Waals surface area contributed by atoms with E-state index in [1.807, 2.05) is 11.8 Å². The number of anilines is 4. The maximum Gasteiger partial charge on any atom is 0.0530 e. The van der Waals surface area contributed by atoms with E-state index < -0.39 is 0 Å². The van der Waals surface area contributed by atoms with Gasteiger partial charge in [0.25, 0.3) is 0 Å². The highest BCUT2D eigenvalue weighted by Crippen LogP contribution is 2.51. The zero-order valence-electron chi connectivity index (χ0n) is 16.7. The molecule has 2 aliphatic rings. The van der Waals surface area contributed by atoms with E-state index >= 15 is 0 Å². The van der Waals surface area contributed by atoms with Gasteiger partial charge in [0.1, 0.15) is 0 Å². The van der Waals surface area contributed by atoms with E-state index in [0.717, 1.165) is 6.54 Å². The van der Waals surface area contributed by atoms with Gasteiger partial charge in [-0.15, -0.1) is 0 Å². The molecule has 0 radical (unpaired) electrons. The molecule has 1 unspecified atom stereocenters. The lowest BCUT2D eigenvalue weighted by Gasteiger charge is -2.47. The summed E-state index contributed by atoms with van der Waals surface area (Å²) in [5.41, 5.74) is 6.80. The van der Waals surface area contributed by atoms with Crippen LogP contribution in [0.1, 0.15) is 45.6 Å². The number of hydrogen-bond donors (Lipinski definition) is 1. The second-order valence-electron chi connectivity index (χ2n) is 8.37. The summed E-state index contributed by atoms with van der Waals surface area (Å²) in [7, 11) is 4.19. The number of hydrogen-bond acceptors (Lipinski definition) is 4. The van der Waals surface area contributed by atoms with Crippen LogP contribution in [0.15, 0.2) is 40.1 Å². The van der Waals surface area contributed by atoms with Gasteiger partial charge in [0.15, 0.2) is 0 Å². The molecule has 2 aromatic rings. The molecule has 2 heterocycles. The fraction of sp³-hybridized carbons (Fsp3) is 0.455. The summed E-state index contributed by atoms with van der Waals surface area (Å²) in [5.74, 6) is 0.581. The highest BCUT2D eigenvalue weighted by Gasteiger charge is 2.36. The number of nitrogens with one attached hydrogen (secondary N) is 1. The Kier molecular flexibility index (Phi) is 4.14. The van der Waals surface area contributed by atoms with Gasteiger partial charge >= 0.3 is 0 Å². The molecule has 0 aromatic heterocycles. The van der Waals surface area contributed by atoms with Crippen molar-refractivity contribution in [2.24, 2.45) is 0 Å². The minimum absolute atomic E-state index is 0.207. The van der Waals surface area contributed by atoms with Crippen molar-refractivity contribution in [1.82, 2.24) is 0 Å². The number of benzene rings is 2. The molecule has 4 rings (SSSR count). The molecule has 0 saturated heterocycles. The third-order valence-electron chi connectivity index (χ3n) is 5.77. The molecule has 3 nitrogen and oxygen atoms in total. The van der Waals surface area contributed by atoms with Gasteiger partial charge < -0.3 is 15.1 Å². The summed E-state index contributed by atoms with van der Waals surface area (Å²) in [6.45, 7) is 10.4. The van der Waals surface area contributed by atoms with Gasteiger partial charge in [0, 0.05) is 47.3 Å². The fourth-order valence-electron chi connectivity index (χ4n) is 4.53. The first-order chi connectivity index (χ1) is 12.3. The summed E-state index contributed by atoms with van der Waals surface area (Å²) < 4.78 is 0. The van der Waals surface area contributed by atoms with Crippen LogP contribution in [0.25, 0.3) is 0 Å². The van der Waals surface area contributed by atoms with Crippen LogP contribution in [0.5, 0.6) is 0 Å². The normalized spacial score (nSPS) is 19.9. The lowest BCUT2D eigenvalue weighted by molar-refractivity contribution is 0.381. The van der Waals surface area contributed by atoms with Gasteiger partial charge in [-0.05, 0) is 69.0 Å². The number of nitrogens with zero attached hydrogens (tertiary/aromatic N) is 2. The Labute approximate surface area is 161 Å². The van der Waals surface area contributed by atoms with Crippen LogP contribution >= 0.6 is 11.8 Å². The van der Waals surface area contributed by atoms with Crippen molar-refractivity contribution in [2.45, 2.75) is 55.4 Å². The predicted octanol–water partition coefficient (Wildman–Crippen LogP) is 6.07. The minimum atomic E-state index is 0.207. The molecule has 138 valence electrons. The molecule has 0 bridgehead atoms. The Morgan fingerprint density at radius 1 is 1.15 bits per heavy atom. The Bertz CT molecular complexity index is 857. The van der Waals surface area contributed by atoms with Crippen LogP contribution in [-0.2, 0) is 0 Å². The zero-order chi connectivity index (χ0) is 18.6. The van der Waals surface area contributed by atoms with Gasteiger partial charge in [-0.25, -0.2) is 0 Å². The predicted molar refractivity (Wildman–Crippen MR) is 115 cm³/mol. The average molecular weight is 368 g/mol. The van der Waals surface area contributed by atoms with Gasteiger partial charge in [-0.3, -0.25) is 0 Å². The summed E-state index contributed by atoms with van der Waals surface area (Å²) >= 11 is 1.88. The third kappa shape index (κ3) is 2.75. The maximum absolute atomic E-state index is 3.67. The quantitative estimate of drug-likeness (QED) is 0.592. The van der Waals surface area contributed by atoms with E-state index in [0.29, 0.717) is 5.92 Å². The van der Waals surface area contributed by atoms with Gasteiger partial charge in [-0.2, -0.15) is 0 Å². The van der Waals surface area contributed by atoms with E-state index in [9.17, 15) is 0 Å². The van der Waals surface area contributed by atoms with Crippen LogP contribution in [0.2, 0.25) is 0 Å². The highest BCUT2D eigenvalue weighted by atomic mass is 32.2. The molecule has 4 heteroatoms. The average Bonchev–Trinajstić information content (AvgIpc) is 2.57. The molecule has 0 amide bonds. The van der Waals surface area contributed by atoms with Crippen molar-refractivity contribution < 1.29 is 0 Å². The van der Waals surface area contributed by atoms with E-state index in [1.165, 1.54) is 44.5 Å². The molecule has 0 aliphatic carbocycles. The molecule has 2 aliphatic heterocycles. The zero-order valence-corrected chi connectivity index (χ0v) is 17.5. The first-order valence-corrected chi connectivity index (χ1v) is 10.3. The van der Waals surface area contributed by atoms with Crippen LogP contribution in [-0.4, -0.2) is 26.2 Å². The van der Waals surface area contributed by atoms with Gasteiger partial charge in [0.05, 0.1) is 11.4 Å². The molecule has 0 spiro atoms. The molecule has 2 aromatic carbocycles. The van der Waals surface area contributed by atoms with Crippen molar-refractivity contribution in [1.29, 1.82) is 0 Å². The Morgan fingerprint density at radius 2 is 1.88 bits per heavy atom. The van der Waals surface area contributed by atoms with Crippen LogP contribution in [0.3, 0.4) is 0 Å². The lowest BCUT2D eigenvalue weighted by atomic mass is 9.80. The van der Waals surface area contributed by atoms with E-state index in [-0.39, 0.29) is 5.54 Å². The molecule has 0 saturated carbocycles. The lowest BCUT2D eigenvalue weighted by Crippen LogP contribution is -2.48. The maximum atomic E-state index is 3.67. The topological polar surface area (TPSA) is 18.5 Å². The van der Waals surface area contributed by atoms with E-state index in [1.54, 1.807) is 0 Å². The monoisotopic (exact) mass is 367 g/mol. The number of fused-ring (bicyclic) bond motifs is 3. The van der Waals surface area contributed by atoms with Crippen LogP contribution in [0.4, 0.5) is 22.7 Å². The molecule has 0 fully saturated rings. The smallest absolute Gasteiger partial charge is 0.0530 e. The summed E-state index contributed by atoms with van der Waals surface area (Å²) in [5, 5.41) is 3.67. The van der Waals surface area contributed by atoms with E-state index in [2.05, 4.69) is 87.2 Å². The number of rotatable bonds is 2. The summed E-state index contributed by atoms with van der Waals surface area (Å²) in [6.07, 6.45) is 1.20.